The molecule has 0 bridgehead atoms. The SMILES string of the molecule is CCC(C)c1ccc(-c2cc(Cl)[nH]c(=O)c2)cc1. The Kier molecular flexibility index (Phi) is 3.87. The molecule has 0 radical (unpaired) electrons. The van der Waals surface area contributed by atoms with Gasteiger partial charge in [-0.1, -0.05) is 49.7 Å². The molecule has 1 aromatic heterocycles. The fraction of sp³-hybridized carbons (Fsp3) is 0.267. The highest BCUT2D eigenvalue weighted by molar-refractivity contribution is 6.29. The maximum atomic E-state index is 11.4. The zero-order valence-electron chi connectivity index (χ0n) is 10.5. The number of rotatable bonds is 3. The monoisotopic (exact) mass is 261 g/mol. The first-order chi connectivity index (χ1) is 8.60. The van der Waals surface area contributed by atoms with Crippen LogP contribution in [0.2, 0.25) is 5.15 Å². The lowest BCUT2D eigenvalue weighted by atomic mass is 9.96. The van der Waals surface area contributed by atoms with Gasteiger partial charge in [0.2, 0.25) is 5.56 Å². The largest absolute Gasteiger partial charge is 0.313 e. The van der Waals surface area contributed by atoms with Crippen LogP contribution in [0.15, 0.2) is 41.2 Å². The smallest absolute Gasteiger partial charge is 0.249 e. The predicted octanol–water partition coefficient (Wildman–Crippen LogP) is 4.21. The fourth-order valence-corrected chi connectivity index (χ4v) is 2.13. The van der Waals surface area contributed by atoms with Crippen LogP contribution in [0.4, 0.5) is 0 Å². The van der Waals surface area contributed by atoms with Crippen molar-refractivity contribution in [3.05, 3.63) is 57.5 Å². The minimum absolute atomic E-state index is 0.177. The third-order valence-corrected chi connectivity index (χ3v) is 3.44. The molecular formula is C15H16ClNO. The van der Waals surface area contributed by atoms with Crippen molar-refractivity contribution in [2.75, 3.05) is 0 Å². The molecule has 0 fully saturated rings. The first kappa shape index (κ1) is 12.9. The number of benzene rings is 1. The van der Waals surface area contributed by atoms with Crippen molar-refractivity contribution in [3.63, 3.8) is 0 Å². The number of pyridine rings is 1. The van der Waals surface area contributed by atoms with Crippen LogP contribution in [0.3, 0.4) is 0 Å². The highest BCUT2D eigenvalue weighted by Gasteiger charge is 2.04. The van der Waals surface area contributed by atoms with E-state index in [2.05, 4.69) is 31.0 Å². The van der Waals surface area contributed by atoms with Crippen LogP contribution in [0, 0.1) is 0 Å². The van der Waals surface area contributed by atoms with Crippen molar-refractivity contribution in [1.82, 2.24) is 4.98 Å². The second-order valence-electron chi connectivity index (χ2n) is 4.51. The second kappa shape index (κ2) is 5.40. The molecule has 0 saturated heterocycles. The summed E-state index contributed by atoms with van der Waals surface area (Å²) in [6.07, 6.45) is 1.12. The third kappa shape index (κ3) is 2.82. The second-order valence-corrected chi connectivity index (χ2v) is 4.92. The molecule has 0 aliphatic heterocycles. The van der Waals surface area contributed by atoms with E-state index in [4.69, 9.17) is 11.6 Å². The zero-order valence-corrected chi connectivity index (χ0v) is 11.3. The maximum absolute atomic E-state index is 11.4. The number of H-pyrrole nitrogens is 1. The van der Waals surface area contributed by atoms with E-state index in [9.17, 15) is 4.79 Å². The Bertz CT molecular complexity index is 586. The van der Waals surface area contributed by atoms with E-state index >= 15 is 0 Å². The normalized spacial score (nSPS) is 12.4. The molecule has 1 heterocycles. The maximum Gasteiger partial charge on any atom is 0.249 e. The van der Waals surface area contributed by atoms with E-state index in [-0.39, 0.29) is 5.56 Å². The Morgan fingerprint density at radius 3 is 2.39 bits per heavy atom. The lowest BCUT2D eigenvalue weighted by Gasteiger charge is -2.09. The van der Waals surface area contributed by atoms with Crippen LogP contribution < -0.4 is 5.56 Å². The van der Waals surface area contributed by atoms with Crippen molar-refractivity contribution in [1.29, 1.82) is 0 Å². The van der Waals surface area contributed by atoms with E-state index in [1.165, 1.54) is 5.56 Å². The van der Waals surface area contributed by atoms with Crippen molar-refractivity contribution in [3.8, 4) is 11.1 Å². The lowest BCUT2D eigenvalue weighted by Crippen LogP contribution is -2.03. The Morgan fingerprint density at radius 1 is 1.17 bits per heavy atom. The van der Waals surface area contributed by atoms with Gasteiger partial charge in [0.25, 0.3) is 0 Å². The fourth-order valence-electron chi connectivity index (χ4n) is 1.92. The molecule has 3 heteroatoms. The summed E-state index contributed by atoms with van der Waals surface area (Å²) < 4.78 is 0. The average Bonchev–Trinajstić information content (AvgIpc) is 2.37. The van der Waals surface area contributed by atoms with E-state index in [1.54, 1.807) is 12.1 Å². The molecule has 0 amide bonds. The van der Waals surface area contributed by atoms with E-state index < -0.39 is 0 Å². The average molecular weight is 262 g/mol. The molecule has 1 aromatic carbocycles. The Hall–Kier alpha value is -1.54. The van der Waals surface area contributed by atoms with Crippen LogP contribution in [-0.2, 0) is 0 Å². The summed E-state index contributed by atoms with van der Waals surface area (Å²) >= 11 is 5.85. The first-order valence-corrected chi connectivity index (χ1v) is 6.48. The number of aromatic nitrogens is 1. The summed E-state index contributed by atoms with van der Waals surface area (Å²) in [5.74, 6) is 0.557. The first-order valence-electron chi connectivity index (χ1n) is 6.10. The molecule has 1 N–H and O–H groups in total. The van der Waals surface area contributed by atoms with Crippen LogP contribution >= 0.6 is 11.6 Å². The summed E-state index contributed by atoms with van der Waals surface area (Å²) in [7, 11) is 0. The molecule has 0 spiro atoms. The molecule has 0 saturated carbocycles. The molecule has 2 aromatic rings. The summed E-state index contributed by atoms with van der Waals surface area (Å²) in [4.78, 5) is 13.9. The minimum Gasteiger partial charge on any atom is -0.313 e. The zero-order chi connectivity index (χ0) is 13.1. The van der Waals surface area contributed by atoms with Crippen molar-refractivity contribution in [2.45, 2.75) is 26.2 Å². The number of hydrogen-bond acceptors (Lipinski definition) is 1. The number of hydrogen-bond donors (Lipinski definition) is 1. The van der Waals surface area contributed by atoms with E-state index in [0.29, 0.717) is 11.1 Å². The molecule has 18 heavy (non-hydrogen) atoms. The molecule has 1 unspecified atom stereocenters. The van der Waals surface area contributed by atoms with Gasteiger partial charge in [-0.2, -0.15) is 0 Å². The van der Waals surface area contributed by atoms with Gasteiger partial charge in [-0.3, -0.25) is 4.79 Å². The van der Waals surface area contributed by atoms with E-state index in [0.717, 1.165) is 17.5 Å². The summed E-state index contributed by atoms with van der Waals surface area (Å²) in [6.45, 7) is 4.38. The predicted molar refractivity (Wildman–Crippen MR) is 76.2 cm³/mol. The van der Waals surface area contributed by atoms with Gasteiger partial charge < -0.3 is 4.98 Å². The van der Waals surface area contributed by atoms with Gasteiger partial charge in [-0.05, 0) is 35.1 Å². The Labute approximate surface area is 112 Å². The van der Waals surface area contributed by atoms with Gasteiger partial charge in [0.1, 0.15) is 5.15 Å². The Morgan fingerprint density at radius 2 is 1.83 bits per heavy atom. The quantitative estimate of drug-likeness (QED) is 0.825. The lowest BCUT2D eigenvalue weighted by molar-refractivity contribution is 0.734. The van der Waals surface area contributed by atoms with Gasteiger partial charge in [0, 0.05) is 6.07 Å². The van der Waals surface area contributed by atoms with Crippen molar-refractivity contribution < 1.29 is 0 Å². The van der Waals surface area contributed by atoms with Crippen LogP contribution in [-0.4, -0.2) is 4.98 Å². The van der Waals surface area contributed by atoms with Gasteiger partial charge in [0.05, 0.1) is 0 Å². The van der Waals surface area contributed by atoms with Gasteiger partial charge in [0.15, 0.2) is 0 Å². The van der Waals surface area contributed by atoms with Gasteiger partial charge in [-0.15, -0.1) is 0 Å². The van der Waals surface area contributed by atoms with Crippen molar-refractivity contribution in [2.24, 2.45) is 0 Å². The highest BCUT2D eigenvalue weighted by Crippen LogP contribution is 2.24. The van der Waals surface area contributed by atoms with Gasteiger partial charge >= 0.3 is 0 Å². The van der Waals surface area contributed by atoms with Crippen molar-refractivity contribution >= 4 is 11.6 Å². The summed E-state index contributed by atoms with van der Waals surface area (Å²) in [6, 6.07) is 11.6. The minimum atomic E-state index is -0.177. The summed E-state index contributed by atoms with van der Waals surface area (Å²) in [5.41, 5.74) is 3.00. The number of halogens is 1. The molecule has 1 atom stereocenters. The van der Waals surface area contributed by atoms with Gasteiger partial charge in [-0.25, -0.2) is 0 Å². The molecule has 2 rings (SSSR count). The van der Waals surface area contributed by atoms with E-state index in [1.807, 2.05) is 12.1 Å². The van der Waals surface area contributed by atoms with Crippen LogP contribution in [0.1, 0.15) is 31.7 Å². The molecule has 2 nitrogen and oxygen atoms in total. The van der Waals surface area contributed by atoms with Crippen LogP contribution in [0.25, 0.3) is 11.1 Å². The standard InChI is InChI=1S/C15H16ClNO/c1-3-10(2)11-4-6-12(7-5-11)13-8-14(16)17-15(18)9-13/h4-10H,3H2,1-2H3,(H,17,18). The molecule has 0 aliphatic carbocycles. The molecule has 94 valence electrons. The summed E-state index contributed by atoms with van der Waals surface area (Å²) in [5, 5.41) is 0.364. The Balaban J connectivity index is 2.37. The number of aromatic amines is 1. The third-order valence-electron chi connectivity index (χ3n) is 3.24. The van der Waals surface area contributed by atoms with Crippen LogP contribution in [0.5, 0.6) is 0 Å². The number of nitrogens with one attached hydrogen (secondary N) is 1. The topological polar surface area (TPSA) is 32.9 Å². The highest BCUT2D eigenvalue weighted by atomic mass is 35.5. The molecular weight excluding hydrogens is 246 g/mol. The molecule has 0 aliphatic rings.